The van der Waals surface area contributed by atoms with Gasteiger partial charge in [-0.1, -0.05) is 6.58 Å². The van der Waals surface area contributed by atoms with E-state index in [1.807, 2.05) is 0 Å². The van der Waals surface area contributed by atoms with E-state index in [2.05, 4.69) is 12.3 Å². The van der Waals surface area contributed by atoms with Gasteiger partial charge in [0.1, 0.15) is 6.04 Å². The third-order valence-corrected chi connectivity index (χ3v) is 2.70. The summed E-state index contributed by atoms with van der Waals surface area (Å²) in [5.41, 5.74) is 2.56. The summed E-state index contributed by atoms with van der Waals surface area (Å²) in [6, 6.07) is -0.357. The second kappa shape index (κ2) is 3.31. The Bertz CT molecular complexity index is 309. The quantitative estimate of drug-likeness (QED) is 0.478. The molecule has 3 amide bonds. The smallest absolute Gasteiger partial charge is 0.312 e. The summed E-state index contributed by atoms with van der Waals surface area (Å²) in [5, 5.41) is 0. The maximum atomic E-state index is 11.7. The molecule has 4 heteroatoms. The zero-order chi connectivity index (χ0) is 10.1. The second-order valence-corrected chi connectivity index (χ2v) is 3.49. The van der Waals surface area contributed by atoms with Crippen LogP contribution in [0.1, 0.15) is 12.8 Å². The summed E-state index contributed by atoms with van der Waals surface area (Å²) in [6.45, 7) is 4.41. The highest BCUT2D eigenvalue weighted by molar-refractivity contribution is 6.04. The van der Waals surface area contributed by atoms with Crippen molar-refractivity contribution in [3.63, 3.8) is 0 Å². The number of urea groups is 1. The van der Waals surface area contributed by atoms with Crippen molar-refractivity contribution in [3.8, 4) is 0 Å². The van der Waals surface area contributed by atoms with Crippen LogP contribution in [0.2, 0.25) is 0 Å². The van der Waals surface area contributed by atoms with Gasteiger partial charge >= 0.3 is 6.03 Å². The van der Waals surface area contributed by atoms with Crippen LogP contribution in [0.3, 0.4) is 0 Å². The molecule has 0 aliphatic carbocycles. The number of carbonyl (C=O) groups is 2. The van der Waals surface area contributed by atoms with E-state index < -0.39 is 0 Å². The lowest BCUT2D eigenvalue weighted by molar-refractivity contribution is -0.127. The molecule has 1 atom stereocenters. The molecule has 0 N–H and O–H groups in total. The van der Waals surface area contributed by atoms with Gasteiger partial charge < -0.3 is 4.90 Å². The number of nitrogens with zero attached hydrogens (tertiary/aromatic N) is 2. The average Bonchev–Trinajstić information content (AvgIpc) is 2.72. The van der Waals surface area contributed by atoms with Crippen LogP contribution in [-0.4, -0.2) is 40.9 Å². The van der Waals surface area contributed by atoms with E-state index in [0.717, 1.165) is 12.8 Å². The van der Waals surface area contributed by atoms with Crippen LogP contribution in [-0.2, 0) is 4.79 Å². The predicted molar refractivity (Wildman–Crippen MR) is 50.5 cm³/mol. The Balaban J connectivity index is 2.17. The average molecular weight is 192 g/mol. The summed E-state index contributed by atoms with van der Waals surface area (Å²) < 4.78 is 0. The largest absolute Gasteiger partial charge is 0.327 e. The number of rotatable bonds is 2. The molecule has 2 heterocycles. The lowest BCUT2D eigenvalue weighted by Gasteiger charge is -2.12. The number of amides is 3. The maximum Gasteiger partial charge on any atom is 0.327 e. The molecular weight excluding hydrogens is 180 g/mol. The highest BCUT2D eigenvalue weighted by atomic mass is 16.2. The van der Waals surface area contributed by atoms with Crippen molar-refractivity contribution in [2.75, 3.05) is 13.1 Å². The van der Waals surface area contributed by atoms with Gasteiger partial charge in [-0.15, -0.1) is 5.73 Å². The topological polar surface area (TPSA) is 40.6 Å². The Hall–Kier alpha value is -1.54. The molecule has 2 saturated heterocycles. The van der Waals surface area contributed by atoms with Gasteiger partial charge in [0.25, 0.3) is 5.91 Å². The Kier molecular flexibility index (Phi) is 2.14. The summed E-state index contributed by atoms with van der Waals surface area (Å²) in [6.07, 6.45) is 3.34. The van der Waals surface area contributed by atoms with E-state index in [0.29, 0.717) is 13.1 Å². The van der Waals surface area contributed by atoms with Gasteiger partial charge in [-0.25, -0.2) is 4.79 Å². The minimum atomic E-state index is -0.194. The highest BCUT2D eigenvalue weighted by Crippen LogP contribution is 2.26. The Morgan fingerprint density at radius 3 is 3.00 bits per heavy atom. The fourth-order valence-electron chi connectivity index (χ4n) is 2.01. The summed E-state index contributed by atoms with van der Waals surface area (Å²) >= 11 is 0. The van der Waals surface area contributed by atoms with Gasteiger partial charge in [0, 0.05) is 6.54 Å². The van der Waals surface area contributed by atoms with E-state index in [1.54, 1.807) is 11.0 Å². The fraction of sp³-hybridized carbons (Fsp3) is 0.500. The van der Waals surface area contributed by atoms with Crippen LogP contribution in [0, 0.1) is 0 Å². The van der Waals surface area contributed by atoms with Crippen LogP contribution in [0.25, 0.3) is 0 Å². The lowest BCUT2D eigenvalue weighted by Crippen LogP contribution is -2.33. The third-order valence-electron chi connectivity index (χ3n) is 2.70. The zero-order valence-corrected chi connectivity index (χ0v) is 7.90. The molecule has 14 heavy (non-hydrogen) atoms. The lowest BCUT2D eigenvalue weighted by atomic mass is 10.2. The van der Waals surface area contributed by atoms with Gasteiger partial charge in [0.2, 0.25) is 0 Å². The fourth-order valence-corrected chi connectivity index (χ4v) is 2.01. The number of imide groups is 1. The van der Waals surface area contributed by atoms with Crippen molar-refractivity contribution in [2.24, 2.45) is 0 Å². The highest BCUT2D eigenvalue weighted by Gasteiger charge is 2.46. The molecule has 74 valence electrons. The minimum absolute atomic E-state index is 0.0704. The van der Waals surface area contributed by atoms with Gasteiger partial charge in [-0.2, -0.15) is 0 Å². The molecule has 0 saturated carbocycles. The van der Waals surface area contributed by atoms with Crippen LogP contribution < -0.4 is 0 Å². The minimum Gasteiger partial charge on any atom is -0.312 e. The van der Waals surface area contributed by atoms with Crippen LogP contribution >= 0.6 is 0 Å². The van der Waals surface area contributed by atoms with Crippen molar-refractivity contribution in [2.45, 2.75) is 18.9 Å². The summed E-state index contributed by atoms with van der Waals surface area (Å²) in [5.74, 6) is -0.0704. The van der Waals surface area contributed by atoms with E-state index in [4.69, 9.17) is 0 Å². The van der Waals surface area contributed by atoms with Crippen molar-refractivity contribution in [3.05, 3.63) is 18.4 Å². The number of fused-ring (bicyclic) bond motifs is 1. The standard InChI is InChI=1S/C10H12N2O2/c1-2-3-6-12-9(13)8-5-4-7-11(8)10(12)14/h3,8H,1,4-7H2. The Labute approximate surface area is 82.5 Å². The van der Waals surface area contributed by atoms with Gasteiger partial charge in [0.05, 0.1) is 6.54 Å². The summed E-state index contributed by atoms with van der Waals surface area (Å²) in [4.78, 5) is 26.3. The second-order valence-electron chi connectivity index (χ2n) is 3.49. The van der Waals surface area contributed by atoms with E-state index in [1.165, 1.54) is 4.90 Å². The van der Waals surface area contributed by atoms with Crippen molar-refractivity contribution in [1.29, 1.82) is 0 Å². The Morgan fingerprint density at radius 1 is 1.57 bits per heavy atom. The first-order chi connectivity index (χ1) is 6.75. The maximum absolute atomic E-state index is 11.7. The SMILES string of the molecule is C=C=CCN1C(=O)C2CCCN2C1=O. The molecule has 2 fully saturated rings. The first-order valence-electron chi connectivity index (χ1n) is 4.72. The number of hydrogen-bond acceptors (Lipinski definition) is 2. The van der Waals surface area contributed by atoms with Gasteiger partial charge in [-0.05, 0) is 18.9 Å². The molecule has 2 aliphatic heterocycles. The first-order valence-corrected chi connectivity index (χ1v) is 4.72. The van der Waals surface area contributed by atoms with Crippen LogP contribution in [0.4, 0.5) is 4.79 Å². The molecule has 0 aromatic carbocycles. The molecule has 4 nitrogen and oxygen atoms in total. The molecular formula is C10H12N2O2. The van der Waals surface area contributed by atoms with Crippen LogP contribution in [0.15, 0.2) is 18.4 Å². The molecule has 0 radical (unpaired) electrons. The first kappa shape index (κ1) is 9.03. The Morgan fingerprint density at radius 2 is 2.36 bits per heavy atom. The monoisotopic (exact) mass is 192 g/mol. The van der Waals surface area contributed by atoms with E-state index in [-0.39, 0.29) is 18.0 Å². The zero-order valence-electron chi connectivity index (χ0n) is 7.90. The normalized spacial score (nSPS) is 25.3. The molecule has 2 aliphatic rings. The van der Waals surface area contributed by atoms with Crippen LogP contribution in [0.5, 0.6) is 0 Å². The molecule has 0 aromatic rings. The molecule has 0 spiro atoms. The number of hydrogen-bond donors (Lipinski definition) is 0. The van der Waals surface area contributed by atoms with E-state index >= 15 is 0 Å². The van der Waals surface area contributed by atoms with Crippen molar-refractivity contribution >= 4 is 11.9 Å². The predicted octanol–water partition coefficient (Wildman–Crippen LogP) is 0.754. The van der Waals surface area contributed by atoms with E-state index in [9.17, 15) is 9.59 Å². The molecule has 1 unspecified atom stereocenters. The molecule has 0 aromatic heterocycles. The van der Waals surface area contributed by atoms with Gasteiger partial charge in [-0.3, -0.25) is 9.69 Å². The summed E-state index contributed by atoms with van der Waals surface area (Å²) in [7, 11) is 0. The van der Waals surface area contributed by atoms with Crippen molar-refractivity contribution in [1.82, 2.24) is 9.80 Å². The molecule has 0 bridgehead atoms. The number of carbonyl (C=O) groups excluding carboxylic acids is 2. The molecule has 2 rings (SSSR count). The third kappa shape index (κ3) is 1.16. The van der Waals surface area contributed by atoms with Gasteiger partial charge in [0.15, 0.2) is 0 Å². The van der Waals surface area contributed by atoms with Crippen molar-refractivity contribution < 1.29 is 9.59 Å².